The lowest BCUT2D eigenvalue weighted by atomic mass is 10.3. The van der Waals surface area contributed by atoms with Gasteiger partial charge in [-0.25, -0.2) is 5.84 Å². The minimum atomic E-state index is -0.315. The van der Waals surface area contributed by atoms with Gasteiger partial charge in [0.25, 0.3) is 5.91 Å². The van der Waals surface area contributed by atoms with Crippen molar-refractivity contribution >= 4 is 21.8 Å². The number of halogens is 1. The van der Waals surface area contributed by atoms with Crippen molar-refractivity contribution in [2.45, 2.75) is 0 Å². The van der Waals surface area contributed by atoms with Crippen LogP contribution in [0, 0.1) is 0 Å². The molecular formula is C11H10BrN3O. The zero-order chi connectivity index (χ0) is 11.5. The Morgan fingerprint density at radius 3 is 2.81 bits per heavy atom. The van der Waals surface area contributed by atoms with Crippen molar-refractivity contribution in [3.63, 3.8) is 0 Å². The Morgan fingerprint density at radius 1 is 1.31 bits per heavy atom. The Hall–Kier alpha value is -1.59. The van der Waals surface area contributed by atoms with E-state index in [1.807, 2.05) is 30.5 Å². The molecule has 1 amide bonds. The van der Waals surface area contributed by atoms with Gasteiger partial charge in [-0.15, -0.1) is 0 Å². The monoisotopic (exact) mass is 279 g/mol. The Balaban J connectivity index is 2.48. The Morgan fingerprint density at radius 2 is 2.12 bits per heavy atom. The van der Waals surface area contributed by atoms with E-state index in [0.29, 0.717) is 5.69 Å². The quantitative estimate of drug-likeness (QED) is 0.501. The second-order valence-corrected chi connectivity index (χ2v) is 4.13. The van der Waals surface area contributed by atoms with E-state index in [0.717, 1.165) is 10.2 Å². The number of nitrogens with one attached hydrogen (secondary N) is 1. The highest BCUT2D eigenvalue weighted by Gasteiger charge is 2.10. The molecule has 0 bridgehead atoms. The van der Waals surface area contributed by atoms with Gasteiger partial charge in [0.1, 0.15) is 5.69 Å². The average molecular weight is 280 g/mol. The van der Waals surface area contributed by atoms with E-state index in [4.69, 9.17) is 5.84 Å². The lowest BCUT2D eigenvalue weighted by Crippen LogP contribution is -2.31. The summed E-state index contributed by atoms with van der Waals surface area (Å²) in [5.41, 5.74) is 3.52. The van der Waals surface area contributed by atoms with Crippen molar-refractivity contribution in [2.75, 3.05) is 0 Å². The molecule has 2 aromatic rings. The molecule has 0 spiro atoms. The molecule has 1 aromatic heterocycles. The van der Waals surface area contributed by atoms with Crippen LogP contribution in [-0.4, -0.2) is 10.5 Å². The van der Waals surface area contributed by atoms with Crippen LogP contribution in [0.1, 0.15) is 10.5 Å². The summed E-state index contributed by atoms with van der Waals surface area (Å²) in [4.78, 5) is 11.5. The largest absolute Gasteiger partial charge is 0.312 e. The molecule has 1 heterocycles. The Kier molecular flexibility index (Phi) is 3.07. The van der Waals surface area contributed by atoms with Gasteiger partial charge in [0.15, 0.2) is 0 Å². The minimum absolute atomic E-state index is 0.315. The SMILES string of the molecule is NNC(=O)c1cccn1-c1cccc(Br)c1. The molecule has 0 aliphatic carbocycles. The maximum atomic E-state index is 11.5. The number of amides is 1. The van der Waals surface area contributed by atoms with E-state index in [-0.39, 0.29) is 5.91 Å². The van der Waals surface area contributed by atoms with Crippen LogP contribution >= 0.6 is 15.9 Å². The van der Waals surface area contributed by atoms with Crippen molar-refractivity contribution in [3.05, 3.63) is 52.8 Å². The van der Waals surface area contributed by atoms with Gasteiger partial charge >= 0.3 is 0 Å². The molecule has 5 heteroatoms. The Bertz CT molecular complexity index is 521. The van der Waals surface area contributed by atoms with Crippen molar-refractivity contribution in [2.24, 2.45) is 5.84 Å². The molecule has 0 saturated heterocycles. The third-order valence-corrected chi connectivity index (χ3v) is 2.69. The number of nitrogens with zero attached hydrogens (tertiary/aromatic N) is 1. The first kappa shape index (κ1) is 10.9. The van der Waals surface area contributed by atoms with Gasteiger partial charge < -0.3 is 4.57 Å². The predicted octanol–water partition coefficient (Wildman–Crippen LogP) is 1.84. The molecule has 4 nitrogen and oxygen atoms in total. The second-order valence-electron chi connectivity index (χ2n) is 3.22. The summed E-state index contributed by atoms with van der Waals surface area (Å²) < 4.78 is 2.73. The van der Waals surface area contributed by atoms with Gasteiger partial charge in [-0.1, -0.05) is 22.0 Å². The summed E-state index contributed by atoms with van der Waals surface area (Å²) in [6.45, 7) is 0. The number of carbonyl (C=O) groups excluding carboxylic acids is 1. The lowest BCUT2D eigenvalue weighted by molar-refractivity contribution is 0.0947. The molecule has 0 aliphatic rings. The molecule has 0 aliphatic heterocycles. The molecule has 0 unspecified atom stereocenters. The lowest BCUT2D eigenvalue weighted by Gasteiger charge is -2.08. The predicted molar refractivity (Wildman–Crippen MR) is 65.1 cm³/mol. The maximum absolute atomic E-state index is 11.5. The highest BCUT2D eigenvalue weighted by molar-refractivity contribution is 9.10. The van der Waals surface area contributed by atoms with Gasteiger partial charge in [0, 0.05) is 16.4 Å². The zero-order valence-electron chi connectivity index (χ0n) is 8.35. The van der Waals surface area contributed by atoms with E-state index >= 15 is 0 Å². The fraction of sp³-hybridized carbons (Fsp3) is 0. The van der Waals surface area contributed by atoms with E-state index in [1.54, 1.807) is 16.7 Å². The van der Waals surface area contributed by atoms with Crippen LogP contribution in [0.3, 0.4) is 0 Å². The third-order valence-electron chi connectivity index (χ3n) is 2.20. The van der Waals surface area contributed by atoms with Crippen LogP contribution in [0.4, 0.5) is 0 Å². The number of hydrazine groups is 1. The second kappa shape index (κ2) is 4.51. The van der Waals surface area contributed by atoms with Crippen LogP contribution in [0.2, 0.25) is 0 Å². The van der Waals surface area contributed by atoms with E-state index in [2.05, 4.69) is 21.4 Å². The molecule has 0 fully saturated rings. The zero-order valence-corrected chi connectivity index (χ0v) is 9.94. The number of hydrogen-bond acceptors (Lipinski definition) is 2. The first-order valence-electron chi connectivity index (χ1n) is 4.66. The van der Waals surface area contributed by atoms with Crippen molar-refractivity contribution in [3.8, 4) is 5.69 Å². The number of carbonyl (C=O) groups is 1. The summed E-state index contributed by atoms with van der Waals surface area (Å²) >= 11 is 3.39. The Labute approximate surface area is 101 Å². The first-order chi connectivity index (χ1) is 7.72. The summed E-state index contributed by atoms with van der Waals surface area (Å²) in [6.07, 6.45) is 1.81. The number of benzene rings is 1. The van der Waals surface area contributed by atoms with Crippen LogP contribution in [-0.2, 0) is 0 Å². The molecule has 0 saturated carbocycles. The van der Waals surface area contributed by atoms with Gasteiger partial charge in [-0.3, -0.25) is 10.2 Å². The highest BCUT2D eigenvalue weighted by Crippen LogP contribution is 2.17. The normalized spacial score (nSPS) is 10.1. The van der Waals surface area contributed by atoms with E-state index in [9.17, 15) is 4.79 Å². The fourth-order valence-corrected chi connectivity index (χ4v) is 1.88. The van der Waals surface area contributed by atoms with E-state index < -0.39 is 0 Å². The average Bonchev–Trinajstić information content (AvgIpc) is 2.77. The molecule has 0 atom stereocenters. The summed E-state index contributed by atoms with van der Waals surface area (Å²) in [6, 6.07) is 11.2. The van der Waals surface area contributed by atoms with Crippen molar-refractivity contribution in [1.82, 2.24) is 9.99 Å². The van der Waals surface area contributed by atoms with Gasteiger partial charge in [0.05, 0.1) is 0 Å². The summed E-state index contributed by atoms with van der Waals surface area (Å²) in [5.74, 6) is 4.80. The molecule has 82 valence electrons. The maximum Gasteiger partial charge on any atom is 0.282 e. The minimum Gasteiger partial charge on any atom is -0.312 e. The van der Waals surface area contributed by atoms with Gasteiger partial charge in [-0.2, -0.15) is 0 Å². The summed E-state index contributed by atoms with van der Waals surface area (Å²) in [5, 5.41) is 0. The number of nitrogen functional groups attached to an aromatic ring is 1. The van der Waals surface area contributed by atoms with Crippen molar-refractivity contribution in [1.29, 1.82) is 0 Å². The first-order valence-corrected chi connectivity index (χ1v) is 5.46. The molecule has 3 N–H and O–H groups in total. The van der Waals surface area contributed by atoms with Gasteiger partial charge in [-0.05, 0) is 30.3 Å². The molecular weight excluding hydrogens is 270 g/mol. The molecule has 1 aromatic carbocycles. The van der Waals surface area contributed by atoms with Crippen LogP contribution < -0.4 is 11.3 Å². The molecule has 0 radical (unpaired) electrons. The molecule has 2 rings (SSSR count). The summed E-state index contributed by atoms with van der Waals surface area (Å²) in [7, 11) is 0. The molecule has 16 heavy (non-hydrogen) atoms. The number of nitrogens with two attached hydrogens (primary N) is 1. The van der Waals surface area contributed by atoms with Crippen molar-refractivity contribution < 1.29 is 4.79 Å². The third kappa shape index (κ3) is 2.00. The van der Waals surface area contributed by atoms with Crippen LogP contribution in [0.25, 0.3) is 5.69 Å². The highest BCUT2D eigenvalue weighted by atomic mass is 79.9. The van der Waals surface area contributed by atoms with Gasteiger partial charge in [0.2, 0.25) is 0 Å². The number of aromatic nitrogens is 1. The number of hydrogen-bond donors (Lipinski definition) is 2. The fourth-order valence-electron chi connectivity index (χ4n) is 1.49. The van der Waals surface area contributed by atoms with E-state index in [1.165, 1.54) is 0 Å². The smallest absolute Gasteiger partial charge is 0.282 e. The van der Waals surface area contributed by atoms with Crippen LogP contribution in [0.15, 0.2) is 47.1 Å². The topological polar surface area (TPSA) is 60.0 Å². The standard InChI is InChI=1S/C11H10BrN3O/c12-8-3-1-4-9(7-8)15-6-2-5-10(15)11(16)14-13/h1-7H,13H2,(H,14,16). The van der Waals surface area contributed by atoms with Crippen LogP contribution in [0.5, 0.6) is 0 Å². The number of rotatable bonds is 2.